The lowest BCUT2D eigenvalue weighted by Gasteiger charge is -2.08. The second-order valence-electron chi connectivity index (χ2n) is 4.70. The predicted octanol–water partition coefficient (Wildman–Crippen LogP) is 2.59. The van der Waals surface area contributed by atoms with Crippen molar-refractivity contribution in [2.24, 2.45) is 5.73 Å². The normalized spacial score (nSPS) is 10.4. The molecule has 1 amide bonds. The van der Waals surface area contributed by atoms with Crippen LogP contribution in [0.15, 0.2) is 46.9 Å². The van der Waals surface area contributed by atoms with Crippen LogP contribution in [0.1, 0.15) is 21.5 Å². The second-order valence-corrected chi connectivity index (χ2v) is 5.61. The highest BCUT2D eigenvalue weighted by Crippen LogP contribution is 2.22. The Labute approximate surface area is 132 Å². The number of amides is 1. The molecular weight excluding hydrogens is 332 g/mol. The fourth-order valence-electron chi connectivity index (χ4n) is 1.96. The van der Waals surface area contributed by atoms with Crippen LogP contribution in [-0.2, 0) is 13.0 Å². The van der Waals surface area contributed by atoms with Gasteiger partial charge in [-0.3, -0.25) is 4.79 Å². The minimum absolute atomic E-state index is 0.0415. The van der Waals surface area contributed by atoms with Crippen LogP contribution in [0.2, 0.25) is 0 Å². The van der Waals surface area contributed by atoms with Crippen LogP contribution in [-0.4, -0.2) is 17.6 Å². The maximum atomic E-state index is 12.0. The van der Waals surface area contributed by atoms with Gasteiger partial charge in [0.05, 0.1) is 5.56 Å². The van der Waals surface area contributed by atoms with Gasteiger partial charge >= 0.3 is 0 Å². The van der Waals surface area contributed by atoms with Crippen molar-refractivity contribution in [2.75, 3.05) is 6.54 Å². The van der Waals surface area contributed by atoms with Crippen molar-refractivity contribution in [1.29, 1.82) is 0 Å². The lowest BCUT2D eigenvalue weighted by atomic mass is 10.1. The van der Waals surface area contributed by atoms with Crippen molar-refractivity contribution in [3.8, 4) is 5.75 Å². The van der Waals surface area contributed by atoms with Crippen molar-refractivity contribution in [3.05, 3.63) is 63.6 Å². The molecular formula is C16H17BrN2O2. The molecule has 0 atom stereocenters. The van der Waals surface area contributed by atoms with E-state index in [1.165, 1.54) is 11.6 Å². The van der Waals surface area contributed by atoms with Crippen molar-refractivity contribution in [1.82, 2.24) is 5.32 Å². The summed E-state index contributed by atoms with van der Waals surface area (Å²) < 4.78 is 0.729. The third-order valence-electron chi connectivity index (χ3n) is 3.11. The topological polar surface area (TPSA) is 75.3 Å². The van der Waals surface area contributed by atoms with Gasteiger partial charge in [-0.1, -0.05) is 40.2 Å². The number of hydrogen-bond donors (Lipinski definition) is 3. The van der Waals surface area contributed by atoms with E-state index in [9.17, 15) is 9.90 Å². The summed E-state index contributed by atoms with van der Waals surface area (Å²) in [5.74, 6) is -0.341. The van der Waals surface area contributed by atoms with Crippen molar-refractivity contribution >= 4 is 21.8 Å². The van der Waals surface area contributed by atoms with E-state index in [-0.39, 0.29) is 17.2 Å². The third-order valence-corrected chi connectivity index (χ3v) is 3.61. The highest BCUT2D eigenvalue weighted by Gasteiger charge is 2.10. The van der Waals surface area contributed by atoms with E-state index in [1.54, 1.807) is 12.1 Å². The molecule has 0 unspecified atom stereocenters. The fourth-order valence-corrected chi connectivity index (χ4v) is 2.31. The molecule has 2 aromatic carbocycles. The average Bonchev–Trinajstić information content (AvgIpc) is 2.46. The minimum atomic E-state index is -0.300. The molecule has 0 spiro atoms. The number of carbonyl (C=O) groups is 1. The maximum absolute atomic E-state index is 12.0. The Morgan fingerprint density at radius 3 is 2.43 bits per heavy atom. The number of benzene rings is 2. The largest absolute Gasteiger partial charge is 0.507 e. The number of phenols is 1. The Balaban J connectivity index is 1.97. The molecule has 2 rings (SSSR count). The SMILES string of the molecule is NCCc1ccc(CNC(=O)c2ccc(Br)cc2O)cc1. The van der Waals surface area contributed by atoms with Crippen LogP contribution >= 0.6 is 15.9 Å². The monoisotopic (exact) mass is 348 g/mol. The fraction of sp³-hybridized carbons (Fsp3) is 0.188. The van der Waals surface area contributed by atoms with Crippen molar-refractivity contribution in [2.45, 2.75) is 13.0 Å². The summed E-state index contributed by atoms with van der Waals surface area (Å²) in [5, 5.41) is 12.5. The molecule has 4 N–H and O–H groups in total. The van der Waals surface area contributed by atoms with E-state index in [0.717, 1.165) is 16.5 Å². The van der Waals surface area contributed by atoms with E-state index in [2.05, 4.69) is 21.2 Å². The summed E-state index contributed by atoms with van der Waals surface area (Å²) in [6.07, 6.45) is 0.847. The van der Waals surface area contributed by atoms with Gasteiger partial charge in [-0.2, -0.15) is 0 Å². The molecule has 0 aliphatic heterocycles. The van der Waals surface area contributed by atoms with E-state index in [1.807, 2.05) is 24.3 Å². The number of phenolic OH excluding ortho intramolecular Hbond substituents is 1. The van der Waals surface area contributed by atoms with Crippen LogP contribution in [0.5, 0.6) is 5.75 Å². The first-order valence-corrected chi connectivity index (χ1v) is 7.44. The Hall–Kier alpha value is -1.85. The van der Waals surface area contributed by atoms with Gasteiger partial charge in [0.1, 0.15) is 5.75 Å². The molecule has 0 aliphatic rings. The number of nitrogens with one attached hydrogen (secondary N) is 1. The van der Waals surface area contributed by atoms with Gasteiger partial charge in [-0.05, 0) is 42.3 Å². The average molecular weight is 349 g/mol. The predicted molar refractivity (Wildman–Crippen MR) is 86.2 cm³/mol. The molecule has 0 aliphatic carbocycles. The molecule has 0 fully saturated rings. The molecule has 4 nitrogen and oxygen atoms in total. The summed E-state index contributed by atoms with van der Waals surface area (Å²) in [7, 11) is 0. The summed E-state index contributed by atoms with van der Waals surface area (Å²) in [4.78, 5) is 12.0. The first kappa shape index (κ1) is 15.5. The Kier molecular flexibility index (Phi) is 5.36. The molecule has 0 aromatic heterocycles. The highest BCUT2D eigenvalue weighted by molar-refractivity contribution is 9.10. The number of nitrogens with two attached hydrogens (primary N) is 1. The molecule has 0 bridgehead atoms. The zero-order valence-corrected chi connectivity index (χ0v) is 13.1. The maximum Gasteiger partial charge on any atom is 0.255 e. The Morgan fingerprint density at radius 2 is 1.81 bits per heavy atom. The molecule has 0 saturated carbocycles. The molecule has 5 heteroatoms. The first-order valence-electron chi connectivity index (χ1n) is 6.65. The van der Waals surface area contributed by atoms with E-state index in [4.69, 9.17) is 5.73 Å². The molecule has 110 valence electrons. The quantitative estimate of drug-likeness (QED) is 0.777. The smallest absolute Gasteiger partial charge is 0.255 e. The molecule has 0 radical (unpaired) electrons. The van der Waals surface area contributed by atoms with E-state index < -0.39 is 0 Å². The first-order chi connectivity index (χ1) is 10.1. The number of rotatable bonds is 5. The van der Waals surface area contributed by atoms with E-state index >= 15 is 0 Å². The summed E-state index contributed by atoms with van der Waals surface area (Å²) in [6.45, 7) is 1.04. The molecule has 0 heterocycles. The molecule has 2 aromatic rings. The van der Waals surface area contributed by atoms with Crippen molar-refractivity contribution in [3.63, 3.8) is 0 Å². The minimum Gasteiger partial charge on any atom is -0.507 e. The number of halogens is 1. The molecule has 0 saturated heterocycles. The Morgan fingerprint density at radius 1 is 1.14 bits per heavy atom. The molecule has 21 heavy (non-hydrogen) atoms. The van der Waals surface area contributed by atoms with Crippen LogP contribution in [0, 0.1) is 0 Å². The third kappa shape index (κ3) is 4.31. The summed E-state index contributed by atoms with van der Waals surface area (Å²) >= 11 is 3.24. The standard InChI is InChI=1S/C16H17BrN2O2/c17-13-5-6-14(15(20)9-13)16(21)19-10-12-3-1-11(2-4-12)7-8-18/h1-6,9,20H,7-8,10,18H2,(H,19,21). The summed E-state index contributed by atoms with van der Waals surface area (Å²) in [5.41, 5.74) is 7.94. The highest BCUT2D eigenvalue weighted by atomic mass is 79.9. The zero-order valence-electron chi connectivity index (χ0n) is 11.5. The van der Waals surface area contributed by atoms with Gasteiger partial charge in [-0.25, -0.2) is 0 Å². The zero-order chi connectivity index (χ0) is 15.2. The Bertz CT molecular complexity index is 627. The number of hydrogen-bond acceptors (Lipinski definition) is 3. The second kappa shape index (κ2) is 7.24. The van der Waals surface area contributed by atoms with Gasteiger partial charge in [0.2, 0.25) is 0 Å². The van der Waals surface area contributed by atoms with Crippen LogP contribution in [0.25, 0.3) is 0 Å². The van der Waals surface area contributed by atoms with Gasteiger partial charge in [0.15, 0.2) is 0 Å². The van der Waals surface area contributed by atoms with Gasteiger partial charge in [0, 0.05) is 11.0 Å². The van der Waals surface area contributed by atoms with E-state index in [0.29, 0.717) is 13.1 Å². The van der Waals surface area contributed by atoms with Crippen LogP contribution < -0.4 is 11.1 Å². The van der Waals surface area contributed by atoms with Gasteiger partial charge in [-0.15, -0.1) is 0 Å². The van der Waals surface area contributed by atoms with Crippen LogP contribution in [0.3, 0.4) is 0 Å². The van der Waals surface area contributed by atoms with Gasteiger partial charge in [0.25, 0.3) is 5.91 Å². The number of aromatic hydroxyl groups is 1. The van der Waals surface area contributed by atoms with Gasteiger partial charge < -0.3 is 16.2 Å². The lowest BCUT2D eigenvalue weighted by Crippen LogP contribution is -2.22. The summed E-state index contributed by atoms with van der Waals surface area (Å²) in [6, 6.07) is 12.7. The number of carbonyl (C=O) groups excluding carboxylic acids is 1. The van der Waals surface area contributed by atoms with Crippen molar-refractivity contribution < 1.29 is 9.90 Å². The van der Waals surface area contributed by atoms with Crippen LogP contribution in [0.4, 0.5) is 0 Å². The lowest BCUT2D eigenvalue weighted by molar-refractivity contribution is 0.0948.